The number of imide groups is 1. The summed E-state index contributed by atoms with van der Waals surface area (Å²) in [6.45, 7) is 4.00. The van der Waals surface area contributed by atoms with E-state index in [1.807, 2.05) is 86.6 Å². The Morgan fingerprint density at radius 1 is 0.706 bits per heavy atom. The fourth-order valence-corrected chi connectivity index (χ4v) is 5.16. The molecule has 4 aromatic rings. The number of para-hydroxylation sites is 1. The second-order valence-electron chi connectivity index (χ2n) is 9.01. The van der Waals surface area contributed by atoms with Crippen LogP contribution < -0.4 is 9.96 Å². The van der Waals surface area contributed by atoms with Crippen molar-refractivity contribution in [2.24, 2.45) is 5.92 Å². The lowest BCUT2D eigenvalue weighted by atomic mass is 9.87. The van der Waals surface area contributed by atoms with Gasteiger partial charge in [-0.2, -0.15) is 0 Å². The minimum absolute atomic E-state index is 0.227. The number of rotatable bonds is 3. The lowest BCUT2D eigenvalue weighted by Gasteiger charge is -2.29. The maximum absolute atomic E-state index is 13.9. The fraction of sp³-hybridized carbons (Fsp3) is 0.172. The van der Waals surface area contributed by atoms with Gasteiger partial charge in [0.15, 0.2) is 6.10 Å². The minimum atomic E-state index is -0.877. The molecular formula is C29H24N2O3. The summed E-state index contributed by atoms with van der Waals surface area (Å²) in [7, 11) is 0. The van der Waals surface area contributed by atoms with E-state index in [0.29, 0.717) is 5.69 Å². The number of hydroxylamine groups is 1. The highest BCUT2D eigenvalue weighted by Gasteiger charge is 2.60. The molecule has 34 heavy (non-hydrogen) atoms. The van der Waals surface area contributed by atoms with Gasteiger partial charge >= 0.3 is 0 Å². The van der Waals surface area contributed by atoms with E-state index in [-0.39, 0.29) is 11.8 Å². The van der Waals surface area contributed by atoms with Crippen LogP contribution in [-0.2, 0) is 14.4 Å². The number of fused-ring (bicyclic) bond motifs is 2. The zero-order chi connectivity index (χ0) is 23.4. The van der Waals surface area contributed by atoms with Crippen LogP contribution in [0.4, 0.5) is 11.4 Å². The van der Waals surface area contributed by atoms with Crippen LogP contribution in [0, 0.1) is 19.8 Å². The third-order valence-corrected chi connectivity index (χ3v) is 7.02. The highest BCUT2D eigenvalue weighted by molar-refractivity contribution is 6.24. The quantitative estimate of drug-likeness (QED) is 0.388. The standard InChI is InChI=1S/C29H24N2O3/c1-18-15-16-22(17-19(18)2)30-28(32)25-26(24-14-8-10-20-9-6-7-13-23(20)24)31(34-27(25)29(30)33)21-11-4-3-5-12-21/h3-17,25-27H,1-2H3/t25-,26+,27+/m1/s1. The van der Waals surface area contributed by atoms with E-state index in [9.17, 15) is 9.59 Å². The van der Waals surface area contributed by atoms with Crippen molar-refractivity contribution < 1.29 is 14.4 Å². The lowest BCUT2D eigenvalue weighted by molar-refractivity contribution is -0.126. The molecule has 6 rings (SSSR count). The van der Waals surface area contributed by atoms with Gasteiger partial charge in [-0.1, -0.05) is 66.7 Å². The van der Waals surface area contributed by atoms with Crippen molar-refractivity contribution in [3.05, 3.63) is 108 Å². The van der Waals surface area contributed by atoms with Crippen LogP contribution in [0.1, 0.15) is 22.7 Å². The van der Waals surface area contributed by atoms with Crippen LogP contribution >= 0.6 is 0 Å². The predicted molar refractivity (Wildman–Crippen MR) is 132 cm³/mol. The molecule has 0 unspecified atom stereocenters. The van der Waals surface area contributed by atoms with Gasteiger partial charge in [-0.3, -0.25) is 14.4 Å². The average molecular weight is 449 g/mol. The number of aryl methyl sites for hydroxylation is 2. The predicted octanol–water partition coefficient (Wildman–Crippen LogP) is 5.51. The highest BCUT2D eigenvalue weighted by atomic mass is 16.7. The third kappa shape index (κ3) is 3.05. The summed E-state index contributed by atoms with van der Waals surface area (Å²) in [6.07, 6.45) is -0.877. The summed E-state index contributed by atoms with van der Waals surface area (Å²) in [6, 6.07) is 29.1. The molecule has 168 valence electrons. The van der Waals surface area contributed by atoms with Gasteiger partial charge in [0.1, 0.15) is 5.92 Å². The number of carbonyl (C=O) groups is 2. The molecule has 0 spiro atoms. The number of hydrogen-bond acceptors (Lipinski definition) is 4. The van der Waals surface area contributed by atoms with Gasteiger partial charge in [-0.15, -0.1) is 0 Å². The molecule has 2 fully saturated rings. The van der Waals surface area contributed by atoms with Crippen LogP contribution in [0.25, 0.3) is 10.8 Å². The van der Waals surface area contributed by atoms with E-state index < -0.39 is 18.1 Å². The molecule has 2 aliphatic heterocycles. The maximum Gasteiger partial charge on any atom is 0.266 e. The second-order valence-corrected chi connectivity index (χ2v) is 9.01. The first-order chi connectivity index (χ1) is 16.5. The van der Waals surface area contributed by atoms with E-state index in [2.05, 4.69) is 18.2 Å². The Kier molecular flexibility index (Phi) is 4.74. The smallest absolute Gasteiger partial charge is 0.266 e. The molecule has 0 aliphatic carbocycles. The van der Waals surface area contributed by atoms with Crippen molar-refractivity contribution in [1.29, 1.82) is 0 Å². The Morgan fingerprint density at radius 3 is 2.24 bits per heavy atom. The van der Waals surface area contributed by atoms with Gasteiger partial charge in [0.2, 0.25) is 5.91 Å². The molecule has 2 saturated heterocycles. The normalized spacial score (nSPS) is 22.0. The monoisotopic (exact) mass is 448 g/mol. The van der Waals surface area contributed by atoms with E-state index in [4.69, 9.17) is 4.84 Å². The lowest BCUT2D eigenvalue weighted by Crippen LogP contribution is -2.37. The molecule has 3 atom stereocenters. The van der Waals surface area contributed by atoms with Crippen LogP contribution in [0.2, 0.25) is 0 Å². The molecule has 2 aliphatic rings. The molecule has 0 radical (unpaired) electrons. The SMILES string of the molecule is Cc1ccc(N2C(=O)[C@H]3[C@H](ON(c4ccccc4)[C@H]3c3cccc4ccccc34)C2=O)cc1C. The average Bonchev–Trinajstić information content (AvgIpc) is 3.37. The van der Waals surface area contributed by atoms with Gasteiger partial charge in [0.05, 0.1) is 17.4 Å². The molecule has 5 heteroatoms. The number of hydrogen-bond donors (Lipinski definition) is 0. The van der Waals surface area contributed by atoms with E-state index >= 15 is 0 Å². The van der Waals surface area contributed by atoms with Gasteiger partial charge in [0, 0.05) is 0 Å². The maximum atomic E-state index is 13.9. The van der Waals surface area contributed by atoms with Crippen molar-refractivity contribution in [3.8, 4) is 0 Å². The summed E-state index contributed by atoms with van der Waals surface area (Å²) in [5.41, 5.74) is 4.53. The van der Waals surface area contributed by atoms with Crippen LogP contribution in [-0.4, -0.2) is 17.9 Å². The highest BCUT2D eigenvalue weighted by Crippen LogP contribution is 2.49. The summed E-state index contributed by atoms with van der Waals surface area (Å²) >= 11 is 0. The molecule has 5 nitrogen and oxygen atoms in total. The summed E-state index contributed by atoms with van der Waals surface area (Å²) < 4.78 is 0. The largest absolute Gasteiger partial charge is 0.273 e. The Hall–Kier alpha value is -3.96. The first-order valence-electron chi connectivity index (χ1n) is 11.5. The molecule has 4 aromatic carbocycles. The van der Waals surface area contributed by atoms with E-state index in [1.165, 1.54) is 4.90 Å². The summed E-state index contributed by atoms with van der Waals surface area (Å²) in [5.74, 6) is -1.20. The second kappa shape index (κ2) is 7.82. The van der Waals surface area contributed by atoms with Crippen molar-refractivity contribution in [3.63, 3.8) is 0 Å². The minimum Gasteiger partial charge on any atom is -0.273 e. The van der Waals surface area contributed by atoms with Gasteiger partial charge in [-0.25, -0.2) is 9.96 Å². The molecule has 0 N–H and O–H groups in total. The zero-order valence-electron chi connectivity index (χ0n) is 19.0. The molecule has 0 saturated carbocycles. The van der Waals surface area contributed by atoms with Crippen LogP contribution in [0.15, 0.2) is 91.0 Å². The molecule has 0 bridgehead atoms. The Bertz CT molecular complexity index is 1430. The number of nitrogens with zero attached hydrogens (tertiary/aromatic N) is 2. The topological polar surface area (TPSA) is 49.9 Å². The van der Waals surface area contributed by atoms with E-state index in [0.717, 1.165) is 33.2 Å². The number of carbonyl (C=O) groups excluding carboxylic acids is 2. The Morgan fingerprint density at radius 2 is 1.44 bits per heavy atom. The molecular weight excluding hydrogens is 424 g/mol. The molecule has 2 amide bonds. The Labute approximate surface area is 198 Å². The number of anilines is 2. The van der Waals surface area contributed by atoms with Crippen LogP contribution in [0.5, 0.6) is 0 Å². The third-order valence-electron chi connectivity index (χ3n) is 7.02. The Balaban J connectivity index is 1.50. The first kappa shape index (κ1) is 20.6. The van der Waals surface area contributed by atoms with Gasteiger partial charge in [-0.05, 0) is 65.6 Å². The van der Waals surface area contributed by atoms with Crippen molar-refractivity contribution in [1.82, 2.24) is 0 Å². The van der Waals surface area contributed by atoms with Crippen LogP contribution in [0.3, 0.4) is 0 Å². The number of benzene rings is 4. The summed E-state index contributed by atoms with van der Waals surface area (Å²) in [5, 5.41) is 3.88. The molecule has 2 heterocycles. The van der Waals surface area contributed by atoms with Crippen molar-refractivity contribution >= 4 is 34.0 Å². The van der Waals surface area contributed by atoms with Gasteiger partial charge in [0.25, 0.3) is 5.91 Å². The zero-order valence-corrected chi connectivity index (χ0v) is 19.0. The van der Waals surface area contributed by atoms with Crippen molar-refractivity contribution in [2.45, 2.75) is 26.0 Å². The van der Waals surface area contributed by atoms with Gasteiger partial charge < -0.3 is 0 Å². The van der Waals surface area contributed by atoms with Crippen molar-refractivity contribution in [2.75, 3.05) is 9.96 Å². The fourth-order valence-electron chi connectivity index (χ4n) is 5.16. The molecule has 0 aromatic heterocycles. The van der Waals surface area contributed by atoms with E-state index in [1.54, 1.807) is 5.06 Å². The first-order valence-corrected chi connectivity index (χ1v) is 11.5. The summed E-state index contributed by atoms with van der Waals surface area (Å²) in [4.78, 5) is 35.1. The number of amides is 2.